The molecule has 2 unspecified atom stereocenters. The lowest BCUT2D eigenvalue weighted by Gasteiger charge is -2.17. The molecule has 0 aliphatic heterocycles. The first-order chi connectivity index (χ1) is 11.8. The molecule has 0 saturated heterocycles. The van der Waals surface area contributed by atoms with Gasteiger partial charge < -0.3 is 11.1 Å². The molecule has 0 bridgehead atoms. The average molecular weight is 398 g/mol. The lowest BCUT2D eigenvalue weighted by atomic mass is 10.0. The van der Waals surface area contributed by atoms with Crippen LogP contribution in [0, 0.1) is 0 Å². The third-order valence-electron chi connectivity index (χ3n) is 3.95. The number of nitrogens with two attached hydrogens (primary N) is 1. The van der Waals surface area contributed by atoms with Gasteiger partial charge in [0.05, 0.1) is 10.9 Å². The fourth-order valence-corrected chi connectivity index (χ4v) is 3.26. The van der Waals surface area contributed by atoms with Gasteiger partial charge in [-0.15, -0.1) is 12.4 Å². The topological polar surface area (TPSA) is 101 Å². The normalized spacial score (nSPS) is 13.3. The van der Waals surface area contributed by atoms with Crippen LogP contribution in [0.5, 0.6) is 0 Å². The monoisotopic (exact) mass is 397 g/mol. The van der Waals surface area contributed by atoms with E-state index in [-0.39, 0.29) is 41.7 Å². The summed E-state index contributed by atoms with van der Waals surface area (Å²) in [5, 5.41) is 2.86. The van der Waals surface area contributed by atoms with Crippen LogP contribution in [0.2, 0.25) is 0 Å². The van der Waals surface area contributed by atoms with Gasteiger partial charge >= 0.3 is 0 Å². The van der Waals surface area contributed by atoms with Crippen LogP contribution < -0.4 is 15.8 Å². The summed E-state index contributed by atoms with van der Waals surface area (Å²) in [5.74, 6) is -0.189. The number of hydrogen-bond donors (Lipinski definition) is 3. The number of nitrogens with one attached hydrogen (secondary N) is 2. The average Bonchev–Trinajstić information content (AvgIpc) is 2.62. The second kappa shape index (κ2) is 9.68. The summed E-state index contributed by atoms with van der Waals surface area (Å²) in [7, 11) is -2.16. The van der Waals surface area contributed by atoms with E-state index in [1.165, 1.54) is 13.1 Å². The maximum absolute atomic E-state index is 12.2. The highest BCUT2D eigenvalue weighted by Gasteiger charge is 2.17. The Morgan fingerprint density at radius 1 is 1.08 bits per heavy atom. The van der Waals surface area contributed by atoms with E-state index in [0.717, 1.165) is 5.56 Å². The number of rotatable bonds is 7. The lowest BCUT2D eigenvalue weighted by molar-refractivity contribution is -0.122. The molecule has 6 nitrogen and oxygen atoms in total. The molecule has 0 aliphatic carbocycles. The van der Waals surface area contributed by atoms with Gasteiger partial charge in [0, 0.05) is 12.5 Å². The SMILES string of the molecule is CNS(=O)(=O)c1cccc(C(C)NC(=O)CC(N)c2ccccc2)c1.Cl. The first-order valence-electron chi connectivity index (χ1n) is 7.97. The second-order valence-electron chi connectivity index (χ2n) is 5.79. The number of benzene rings is 2. The van der Waals surface area contributed by atoms with Crippen LogP contribution in [0.4, 0.5) is 0 Å². The van der Waals surface area contributed by atoms with Gasteiger partial charge in [0.15, 0.2) is 0 Å². The molecule has 26 heavy (non-hydrogen) atoms. The Labute approximate surface area is 160 Å². The van der Waals surface area contributed by atoms with Gasteiger partial charge in [-0.2, -0.15) is 0 Å². The largest absolute Gasteiger partial charge is 0.350 e. The first-order valence-corrected chi connectivity index (χ1v) is 9.45. The predicted octanol–water partition coefficient (Wildman–Crippen LogP) is 2.28. The first kappa shape index (κ1) is 22.1. The fraction of sp³-hybridized carbons (Fsp3) is 0.278. The smallest absolute Gasteiger partial charge is 0.240 e. The molecule has 0 aliphatic rings. The molecule has 0 aromatic heterocycles. The minimum Gasteiger partial charge on any atom is -0.350 e. The van der Waals surface area contributed by atoms with Gasteiger partial charge in [-0.25, -0.2) is 13.1 Å². The van der Waals surface area contributed by atoms with Crippen molar-refractivity contribution in [2.45, 2.75) is 30.3 Å². The molecule has 1 amide bonds. The van der Waals surface area contributed by atoms with Crippen molar-refractivity contribution in [3.8, 4) is 0 Å². The molecule has 2 rings (SSSR count). The Morgan fingerprint density at radius 3 is 2.31 bits per heavy atom. The Hall–Kier alpha value is -1.93. The van der Waals surface area contributed by atoms with E-state index >= 15 is 0 Å². The molecule has 0 saturated carbocycles. The second-order valence-corrected chi connectivity index (χ2v) is 7.68. The standard InChI is InChI=1S/C18H23N3O3S.ClH/c1-13(15-9-6-10-16(11-15)25(23,24)20-2)21-18(22)12-17(19)14-7-4-3-5-8-14;/h3-11,13,17,20H,12,19H2,1-2H3,(H,21,22);1H. The number of halogens is 1. The van der Waals surface area contributed by atoms with Crippen molar-refractivity contribution in [2.24, 2.45) is 5.73 Å². The minimum atomic E-state index is -3.52. The van der Waals surface area contributed by atoms with E-state index in [0.29, 0.717) is 5.56 Å². The van der Waals surface area contributed by atoms with Crippen molar-refractivity contribution in [3.05, 3.63) is 65.7 Å². The molecule has 0 radical (unpaired) electrons. The highest BCUT2D eigenvalue weighted by Crippen LogP contribution is 2.19. The molecule has 0 spiro atoms. The number of hydrogen-bond acceptors (Lipinski definition) is 4. The van der Waals surface area contributed by atoms with Crippen molar-refractivity contribution < 1.29 is 13.2 Å². The zero-order chi connectivity index (χ0) is 18.4. The highest BCUT2D eigenvalue weighted by molar-refractivity contribution is 7.89. The van der Waals surface area contributed by atoms with Crippen LogP contribution in [0.25, 0.3) is 0 Å². The Kier molecular flexibility index (Phi) is 8.23. The number of carbonyl (C=O) groups is 1. The van der Waals surface area contributed by atoms with E-state index in [4.69, 9.17) is 5.73 Å². The van der Waals surface area contributed by atoms with Crippen molar-refractivity contribution in [3.63, 3.8) is 0 Å². The minimum absolute atomic E-state index is 0. The molecule has 2 aromatic carbocycles. The van der Waals surface area contributed by atoms with Gasteiger partial charge in [0.1, 0.15) is 0 Å². The zero-order valence-corrected chi connectivity index (χ0v) is 16.3. The molecule has 4 N–H and O–H groups in total. The fourth-order valence-electron chi connectivity index (χ4n) is 2.47. The maximum Gasteiger partial charge on any atom is 0.240 e. The molecule has 2 atom stereocenters. The molecule has 2 aromatic rings. The summed E-state index contributed by atoms with van der Waals surface area (Å²) in [6.07, 6.45) is 0.156. The molecule has 0 fully saturated rings. The van der Waals surface area contributed by atoms with Crippen molar-refractivity contribution in [1.82, 2.24) is 10.0 Å². The molecular formula is C18H24ClN3O3S. The number of amides is 1. The molecule has 0 heterocycles. The van der Waals surface area contributed by atoms with Crippen LogP contribution >= 0.6 is 12.4 Å². The summed E-state index contributed by atoms with van der Waals surface area (Å²) >= 11 is 0. The van der Waals surface area contributed by atoms with E-state index in [1.807, 2.05) is 30.3 Å². The maximum atomic E-state index is 12.2. The van der Waals surface area contributed by atoms with E-state index in [2.05, 4.69) is 10.0 Å². The van der Waals surface area contributed by atoms with Crippen LogP contribution in [0.1, 0.15) is 36.6 Å². The quantitative estimate of drug-likeness (QED) is 0.667. The van der Waals surface area contributed by atoms with Crippen LogP contribution in [0.15, 0.2) is 59.5 Å². The predicted molar refractivity (Wildman–Crippen MR) is 104 cm³/mol. The van der Waals surface area contributed by atoms with E-state index in [1.54, 1.807) is 25.1 Å². The third kappa shape index (κ3) is 5.81. The summed E-state index contributed by atoms with van der Waals surface area (Å²) in [6, 6.07) is 15.2. The molecule has 8 heteroatoms. The van der Waals surface area contributed by atoms with E-state index < -0.39 is 10.0 Å². The number of carbonyl (C=O) groups excluding carboxylic acids is 1. The third-order valence-corrected chi connectivity index (χ3v) is 5.36. The summed E-state index contributed by atoms with van der Waals surface area (Å²) < 4.78 is 26.0. The highest BCUT2D eigenvalue weighted by atomic mass is 35.5. The summed E-state index contributed by atoms with van der Waals surface area (Å²) in [5.41, 5.74) is 7.66. The van der Waals surface area contributed by atoms with E-state index in [9.17, 15) is 13.2 Å². The molecular weight excluding hydrogens is 374 g/mol. The Balaban J connectivity index is 0.00000338. The van der Waals surface area contributed by atoms with Crippen molar-refractivity contribution in [2.75, 3.05) is 7.05 Å². The Morgan fingerprint density at radius 2 is 1.69 bits per heavy atom. The van der Waals surface area contributed by atoms with Gasteiger partial charge in [0.2, 0.25) is 15.9 Å². The zero-order valence-electron chi connectivity index (χ0n) is 14.7. The van der Waals surface area contributed by atoms with Crippen molar-refractivity contribution >= 4 is 28.3 Å². The number of sulfonamides is 1. The van der Waals surface area contributed by atoms with Crippen molar-refractivity contribution in [1.29, 1.82) is 0 Å². The summed E-state index contributed by atoms with van der Waals surface area (Å²) in [6.45, 7) is 1.80. The lowest BCUT2D eigenvalue weighted by Crippen LogP contribution is -2.30. The van der Waals surface area contributed by atoms with Crippen LogP contribution in [-0.2, 0) is 14.8 Å². The summed E-state index contributed by atoms with van der Waals surface area (Å²) in [4.78, 5) is 12.4. The van der Waals surface area contributed by atoms with Gasteiger partial charge in [-0.3, -0.25) is 4.79 Å². The van der Waals surface area contributed by atoms with Crippen LogP contribution in [-0.4, -0.2) is 21.4 Å². The van der Waals surface area contributed by atoms with Gasteiger partial charge in [-0.05, 0) is 37.2 Å². The van der Waals surface area contributed by atoms with Crippen LogP contribution in [0.3, 0.4) is 0 Å². The Bertz CT molecular complexity index is 829. The van der Waals surface area contributed by atoms with Gasteiger partial charge in [-0.1, -0.05) is 42.5 Å². The molecule has 142 valence electrons. The van der Waals surface area contributed by atoms with Gasteiger partial charge in [0.25, 0.3) is 0 Å².